The van der Waals surface area contributed by atoms with Crippen molar-refractivity contribution in [1.82, 2.24) is 14.3 Å². The quantitative estimate of drug-likeness (QED) is 0.903. The van der Waals surface area contributed by atoms with Crippen LogP contribution < -0.4 is 5.73 Å². The van der Waals surface area contributed by atoms with E-state index in [0.717, 1.165) is 0 Å². The van der Waals surface area contributed by atoms with Crippen molar-refractivity contribution in [2.75, 3.05) is 12.3 Å². The van der Waals surface area contributed by atoms with Crippen LogP contribution in [0.15, 0.2) is 41.7 Å². The number of nitrogens with two attached hydrogens (primary N) is 1. The molecule has 6 nitrogen and oxygen atoms in total. The number of anilines is 1. The Bertz CT molecular complexity index is 750. The van der Waals surface area contributed by atoms with E-state index in [4.69, 9.17) is 17.3 Å². The summed E-state index contributed by atoms with van der Waals surface area (Å²) in [5.74, 6) is 0. The third-order valence-corrected chi connectivity index (χ3v) is 5.52. The van der Waals surface area contributed by atoms with Crippen LogP contribution in [0.5, 0.6) is 0 Å². The number of pyridine rings is 2. The Morgan fingerprint density at radius 1 is 1.32 bits per heavy atom. The molecule has 2 rings (SSSR count). The zero-order valence-electron chi connectivity index (χ0n) is 12.3. The molecule has 0 fully saturated rings. The molecule has 0 radical (unpaired) electrons. The molecule has 0 saturated carbocycles. The minimum Gasteiger partial charge on any atom is -0.396 e. The van der Waals surface area contributed by atoms with Gasteiger partial charge in [-0.2, -0.15) is 4.31 Å². The Labute approximate surface area is 135 Å². The number of halogens is 1. The van der Waals surface area contributed by atoms with Crippen molar-refractivity contribution in [3.8, 4) is 0 Å². The van der Waals surface area contributed by atoms with Gasteiger partial charge >= 0.3 is 0 Å². The van der Waals surface area contributed by atoms with E-state index >= 15 is 0 Å². The summed E-state index contributed by atoms with van der Waals surface area (Å²) in [7, 11) is -3.82. The van der Waals surface area contributed by atoms with Crippen molar-refractivity contribution < 1.29 is 8.42 Å². The average Bonchev–Trinajstić information content (AvgIpc) is 2.48. The van der Waals surface area contributed by atoms with Crippen LogP contribution in [0, 0.1) is 0 Å². The molecule has 0 aliphatic rings. The van der Waals surface area contributed by atoms with Crippen LogP contribution in [-0.2, 0) is 10.0 Å². The Morgan fingerprint density at radius 2 is 2.05 bits per heavy atom. The molecule has 0 saturated heterocycles. The topological polar surface area (TPSA) is 89.2 Å². The van der Waals surface area contributed by atoms with E-state index in [1.165, 1.54) is 22.8 Å². The largest absolute Gasteiger partial charge is 0.396 e. The predicted molar refractivity (Wildman–Crippen MR) is 85.9 cm³/mol. The maximum absolute atomic E-state index is 12.8. The normalized spacial score (nSPS) is 13.3. The molecule has 2 aromatic rings. The minimum atomic E-state index is -3.82. The summed E-state index contributed by atoms with van der Waals surface area (Å²) in [4.78, 5) is 8.10. The van der Waals surface area contributed by atoms with E-state index in [1.54, 1.807) is 32.0 Å². The van der Waals surface area contributed by atoms with Crippen LogP contribution in [0.2, 0.25) is 5.02 Å². The summed E-state index contributed by atoms with van der Waals surface area (Å²) in [6.45, 7) is 3.78. The van der Waals surface area contributed by atoms with Crippen LogP contribution in [0.3, 0.4) is 0 Å². The standard InChI is InChI=1S/C14H17ClN4O2S/c1-3-19(10(2)13-7-6-11(15)9-18-13)22(20,21)14-12(16)5-4-8-17-14/h4-10H,3,16H2,1-2H3. The molecule has 8 heteroatoms. The first-order valence-corrected chi connectivity index (χ1v) is 8.53. The monoisotopic (exact) mass is 340 g/mol. The van der Waals surface area contributed by atoms with E-state index in [1.807, 2.05) is 0 Å². The van der Waals surface area contributed by atoms with Gasteiger partial charge in [-0.05, 0) is 31.2 Å². The molecule has 0 bridgehead atoms. The smallest absolute Gasteiger partial charge is 0.263 e. The van der Waals surface area contributed by atoms with E-state index in [0.29, 0.717) is 10.7 Å². The SMILES string of the molecule is CCN(C(C)c1ccc(Cl)cn1)S(=O)(=O)c1ncccc1N. The molecule has 118 valence electrons. The molecule has 0 spiro atoms. The van der Waals surface area contributed by atoms with Crippen LogP contribution in [0.1, 0.15) is 25.6 Å². The summed E-state index contributed by atoms with van der Waals surface area (Å²) < 4.78 is 26.9. The number of rotatable bonds is 5. The Morgan fingerprint density at radius 3 is 2.59 bits per heavy atom. The van der Waals surface area contributed by atoms with Gasteiger partial charge in [-0.15, -0.1) is 0 Å². The minimum absolute atomic E-state index is 0.122. The van der Waals surface area contributed by atoms with Crippen LogP contribution >= 0.6 is 11.6 Å². The third kappa shape index (κ3) is 3.21. The third-order valence-electron chi connectivity index (χ3n) is 3.28. The van der Waals surface area contributed by atoms with Crippen molar-refractivity contribution in [1.29, 1.82) is 0 Å². The highest BCUT2D eigenvalue weighted by molar-refractivity contribution is 7.89. The van der Waals surface area contributed by atoms with E-state index < -0.39 is 16.1 Å². The summed E-state index contributed by atoms with van der Waals surface area (Å²) in [6, 6.07) is 6.02. The number of nitrogens with zero attached hydrogens (tertiary/aromatic N) is 3. The first kappa shape index (κ1) is 16.7. The fourth-order valence-corrected chi connectivity index (χ4v) is 3.92. The summed E-state index contributed by atoms with van der Waals surface area (Å²) in [6.07, 6.45) is 2.89. The van der Waals surface area contributed by atoms with E-state index in [2.05, 4.69) is 9.97 Å². The Kier molecular flexibility index (Phi) is 5.00. The van der Waals surface area contributed by atoms with Crippen LogP contribution in [0.4, 0.5) is 5.69 Å². The number of nitrogen functional groups attached to an aromatic ring is 1. The molecule has 2 aromatic heterocycles. The van der Waals surface area contributed by atoms with Gasteiger partial charge in [-0.1, -0.05) is 18.5 Å². The highest BCUT2D eigenvalue weighted by Crippen LogP contribution is 2.27. The zero-order chi connectivity index (χ0) is 16.3. The predicted octanol–water partition coefficient (Wildman–Crippen LogP) is 2.48. The summed E-state index contributed by atoms with van der Waals surface area (Å²) in [5, 5.41) is 0.355. The van der Waals surface area contributed by atoms with Crippen molar-refractivity contribution in [3.05, 3.63) is 47.4 Å². The van der Waals surface area contributed by atoms with Crippen molar-refractivity contribution in [2.24, 2.45) is 0 Å². The molecule has 0 aliphatic heterocycles. The van der Waals surface area contributed by atoms with Crippen molar-refractivity contribution >= 4 is 27.3 Å². The van der Waals surface area contributed by atoms with Crippen molar-refractivity contribution in [2.45, 2.75) is 24.9 Å². The number of hydrogen-bond acceptors (Lipinski definition) is 5. The van der Waals surface area contributed by atoms with Gasteiger partial charge in [0, 0.05) is 18.9 Å². The first-order chi connectivity index (χ1) is 10.4. The van der Waals surface area contributed by atoms with Gasteiger partial charge in [0.25, 0.3) is 10.0 Å². The number of hydrogen-bond donors (Lipinski definition) is 1. The lowest BCUT2D eigenvalue weighted by Gasteiger charge is -2.26. The number of aromatic nitrogens is 2. The molecule has 22 heavy (non-hydrogen) atoms. The molecular formula is C14H17ClN4O2S. The summed E-state index contributed by atoms with van der Waals surface area (Å²) >= 11 is 5.82. The molecule has 2 N–H and O–H groups in total. The van der Waals surface area contributed by atoms with Gasteiger partial charge in [-0.25, -0.2) is 13.4 Å². The fourth-order valence-electron chi connectivity index (χ4n) is 2.16. The van der Waals surface area contributed by atoms with Gasteiger partial charge in [0.05, 0.1) is 22.4 Å². The lowest BCUT2D eigenvalue weighted by atomic mass is 10.2. The molecule has 1 atom stereocenters. The molecule has 1 unspecified atom stereocenters. The second kappa shape index (κ2) is 6.60. The number of sulfonamides is 1. The summed E-state index contributed by atoms with van der Waals surface area (Å²) in [5.41, 5.74) is 6.48. The Balaban J connectivity index is 2.42. The van der Waals surface area contributed by atoms with Gasteiger partial charge in [0.1, 0.15) is 0 Å². The zero-order valence-corrected chi connectivity index (χ0v) is 13.8. The molecule has 2 heterocycles. The average molecular weight is 341 g/mol. The highest BCUT2D eigenvalue weighted by atomic mass is 35.5. The molecular weight excluding hydrogens is 324 g/mol. The Hall–Kier alpha value is -1.70. The first-order valence-electron chi connectivity index (χ1n) is 6.71. The lowest BCUT2D eigenvalue weighted by Crippen LogP contribution is -2.34. The van der Waals surface area contributed by atoms with Gasteiger partial charge < -0.3 is 5.73 Å². The van der Waals surface area contributed by atoms with E-state index in [-0.39, 0.29) is 17.3 Å². The van der Waals surface area contributed by atoms with Crippen LogP contribution in [0.25, 0.3) is 0 Å². The van der Waals surface area contributed by atoms with Gasteiger partial charge in [0.2, 0.25) is 0 Å². The van der Waals surface area contributed by atoms with E-state index in [9.17, 15) is 8.42 Å². The second-order valence-electron chi connectivity index (χ2n) is 4.68. The molecule has 0 aliphatic carbocycles. The van der Waals surface area contributed by atoms with Crippen molar-refractivity contribution in [3.63, 3.8) is 0 Å². The maximum atomic E-state index is 12.8. The fraction of sp³-hybridized carbons (Fsp3) is 0.286. The van der Waals surface area contributed by atoms with Gasteiger partial charge in [-0.3, -0.25) is 4.98 Å². The maximum Gasteiger partial charge on any atom is 0.263 e. The lowest BCUT2D eigenvalue weighted by molar-refractivity contribution is 0.350. The molecule has 0 amide bonds. The van der Waals surface area contributed by atoms with Crippen LogP contribution in [-0.4, -0.2) is 29.2 Å². The highest BCUT2D eigenvalue weighted by Gasteiger charge is 2.31. The van der Waals surface area contributed by atoms with Gasteiger partial charge in [0.15, 0.2) is 5.03 Å². The second-order valence-corrected chi connectivity index (χ2v) is 6.93. The molecule has 0 aromatic carbocycles.